The van der Waals surface area contributed by atoms with Gasteiger partial charge in [-0.3, -0.25) is 4.68 Å². The van der Waals surface area contributed by atoms with Crippen LogP contribution in [0.15, 0.2) is 6.20 Å². The van der Waals surface area contributed by atoms with Crippen LogP contribution in [0.4, 0.5) is 0 Å². The first-order chi connectivity index (χ1) is 8.61. The standard InChI is InChI=1S/C15H27N3/c1-5-11(2)9-12(3)17-14-7-6-8-15-13(14)10-16-18(15)4/h10-12,14,17H,5-9H2,1-4H3. The van der Waals surface area contributed by atoms with Crippen LogP contribution >= 0.6 is 0 Å². The largest absolute Gasteiger partial charge is 0.307 e. The van der Waals surface area contributed by atoms with Gasteiger partial charge in [-0.25, -0.2) is 0 Å². The maximum Gasteiger partial charge on any atom is 0.0540 e. The molecule has 0 aromatic carbocycles. The molecule has 0 saturated heterocycles. The van der Waals surface area contributed by atoms with Crippen LogP contribution in [0.25, 0.3) is 0 Å². The molecule has 1 heterocycles. The van der Waals surface area contributed by atoms with Crippen molar-refractivity contribution in [1.29, 1.82) is 0 Å². The summed E-state index contributed by atoms with van der Waals surface area (Å²) in [7, 11) is 2.06. The average Bonchev–Trinajstić information content (AvgIpc) is 2.72. The van der Waals surface area contributed by atoms with Crippen molar-refractivity contribution in [3.63, 3.8) is 0 Å². The molecule has 0 amide bonds. The van der Waals surface area contributed by atoms with Crippen molar-refractivity contribution >= 4 is 0 Å². The molecular formula is C15H27N3. The van der Waals surface area contributed by atoms with Gasteiger partial charge < -0.3 is 5.32 Å². The summed E-state index contributed by atoms with van der Waals surface area (Å²) in [5.41, 5.74) is 2.86. The van der Waals surface area contributed by atoms with Crippen LogP contribution in [-0.4, -0.2) is 15.8 Å². The van der Waals surface area contributed by atoms with Crippen molar-refractivity contribution in [2.24, 2.45) is 13.0 Å². The second-order valence-corrected chi connectivity index (χ2v) is 5.93. The first kappa shape index (κ1) is 13.6. The van der Waals surface area contributed by atoms with Crippen LogP contribution in [0.3, 0.4) is 0 Å². The number of hydrogen-bond acceptors (Lipinski definition) is 2. The summed E-state index contributed by atoms with van der Waals surface area (Å²) >= 11 is 0. The van der Waals surface area contributed by atoms with E-state index in [2.05, 4.69) is 44.4 Å². The number of hydrogen-bond donors (Lipinski definition) is 1. The van der Waals surface area contributed by atoms with Crippen LogP contribution < -0.4 is 5.32 Å². The lowest BCUT2D eigenvalue weighted by molar-refractivity contribution is 0.352. The zero-order valence-corrected chi connectivity index (χ0v) is 12.2. The highest BCUT2D eigenvalue weighted by atomic mass is 15.3. The minimum atomic E-state index is 0.515. The third-order valence-electron chi connectivity index (χ3n) is 4.31. The molecule has 3 nitrogen and oxygen atoms in total. The molecule has 1 aliphatic carbocycles. The van der Waals surface area contributed by atoms with E-state index in [1.54, 1.807) is 0 Å². The fourth-order valence-electron chi connectivity index (χ4n) is 3.06. The first-order valence-corrected chi connectivity index (χ1v) is 7.38. The third kappa shape index (κ3) is 2.94. The number of aromatic nitrogens is 2. The Kier molecular flexibility index (Phi) is 4.44. The van der Waals surface area contributed by atoms with Crippen molar-refractivity contribution < 1.29 is 0 Å². The predicted molar refractivity (Wildman–Crippen MR) is 75.6 cm³/mol. The fraction of sp³-hybridized carbons (Fsp3) is 0.800. The summed E-state index contributed by atoms with van der Waals surface area (Å²) in [5, 5.41) is 8.21. The second-order valence-electron chi connectivity index (χ2n) is 5.93. The van der Waals surface area contributed by atoms with Crippen LogP contribution in [-0.2, 0) is 13.5 Å². The van der Waals surface area contributed by atoms with E-state index in [4.69, 9.17) is 0 Å². The molecule has 2 rings (SSSR count). The Morgan fingerprint density at radius 2 is 2.28 bits per heavy atom. The van der Waals surface area contributed by atoms with Gasteiger partial charge in [0, 0.05) is 30.4 Å². The third-order valence-corrected chi connectivity index (χ3v) is 4.31. The molecule has 1 aromatic heterocycles. The number of nitrogens with zero attached hydrogens (tertiary/aromatic N) is 2. The van der Waals surface area contributed by atoms with Crippen LogP contribution in [0.2, 0.25) is 0 Å². The van der Waals surface area contributed by atoms with E-state index >= 15 is 0 Å². The molecule has 1 aromatic rings. The lowest BCUT2D eigenvalue weighted by Gasteiger charge is -2.28. The zero-order valence-electron chi connectivity index (χ0n) is 12.2. The Morgan fingerprint density at radius 1 is 1.50 bits per heavy atom. The van der Waals surface area contributed by atoms with Gasteiger partial charge in [0.2, 0.25) is 0 Å². The van der Waals surface area contributed by atoms with E-state index in [-0.39, 0.29) is 0 Å². The van der Waals surface area contributed by atoms with Crippen LogP contribution in [0.5, 0.6) is 0 Å². The molecule has 0 spiro atoms. The summed E-state index contributed by atoms with van der Waals surface area (Å²) < 4.78 is 2.04. The van der Waals surface area contributed by atoms with E-state index in [1.165, 1.54) is 43.4 Å². The molecule has 0 saturated carbocycles. The maximum absolute atomic E-state index is 4.41. The molecule has 1 N–H and O–H groups in total. The average molecular weight is 249 g/mol. The molecular weight excluding hydrogens is 222 g/mol. The van der Waals surface area contributed by atoms with Crippen molar-refractivity contribution in [2.45, 2.75) is 65.0 Å². The van der Waals surface area contributed by atoms with Gasteiger partial charge in [0.15, 0.2) is 0 Å². The van der Waals surface area contributed by atoms with E-state index in [1.807, 2.05) is 4.68 Å². The van der Waals surface area contributed by atoms with Gasteiger partial charge in [0.05, 0.1) is 6.20 Å². The highest BCUT2D eigenvalue weighted by Gasteiger charge is 2.24. The van der Waals surface area contributed by atoms with E-state index in [0.717, 1.165) is 5.92 Å². The van der Waals surface area contributed by atoms with Gasteiger partial charge in [-0.15, -0.1) is 0 Å². The Morgan fingerprint density at radius 3 is 3.00 bits per heavy atom. The van der Waals surface area contributed by atoms with Crippen molar-refractivity contribution in [3.8, 4) is 0 Å². The minimum absolute atomic E-state index is 0.515. The first-order valence-electron chi connectivity index (χ1n) is 7.38. The lowest BCUT2D eigenvalue weighted by Crippen LogP contribution is -2.33. The molecule has 0 bridgehead atoms. The van der Waals surface area contributed by atoms with E-state index in [0.29, 0.717) is 12.1 Å². The number of aryl methyl sites for hydroxylation is 1. The molecule has 3 heteroatoms. The Labute approximate surface area is 111 Å². The molecule has 3 unspecified atom stereocenters. The van der Waals surface area contributed by atoms with Gasteiger partial charge in [0.25, 0.3) is 0 Å². The minimum Gasteiger partial charge on any atom is -0.307 e. The van der Waals surface area contributed by atoms with Crippen LogP contribution in [0.1, 0.15) is 63.8 Å². The van der Waals surface area contributed by atoms with E-state index in [9.17, 15) is 0 Å². The van der Waals surface area contributed by atoms with Gasteiger partial charge in [-0.1, -0.05) is 20.3 Å². The molecule has 3 atom stereocenters. The molecule has 0 fully saturated rings. The summed E-state index contributed by atoms with van der Waals surface area (Å²) in [5.74, 6) is 0.810. The topological polar surface area (TPSA) is 29.9 Å². The highest BCUT2D eigenvalue weighted by Crippen LogP contribution is 2.30. The SMILES string of the molecule is CCC(C)CC(C)NC1CCCc2c1cnn2C. The van der Waals surface area contributed by atoms with E-state index < -0.39 is 0 Å². The smallest absolute Gasteiger partial charge is 0.0540 e. The van der Waals surface area contributed by atoms with Gasteiger partial charge in [0.1, 0.15) is 0 Å². The lowest BCUT2D eigenvalue weighted by atomic mass is 9.91. The summed E-state index contributed by atoms with van der Waals surface area (Å²) in [6.07, 6.45) is 8.31. The van der Waals surface area contributed by atoms with Crippen molar-refractivity contribution in [1.82, 2.24) is 15.1 Å². The summed E-state index contributed by atoms with van der Waals surface area (Å²) in [6.45, 7) is 6.93. The molecule has 0 radical (unpaired) electrons. The van der Waals surface area contributed by atoms with Gasteiger partial charge in [-0.2, -0.15) is 5.10 Å². The normalized spacial score (nSPS) is 22.6. The van der Waals surface area contributed by atoms with Gasteiger partial charge in [-0.05, 0) is 38.5 Å². The molecule has 1 aliphatic rings. The molecule has 102 valence electrons. The number of rotatable bonds is 5. The zero-order chi connectivity index (χ0) is 13.1. The Balaban J connectivity index is 1.98. The monoisotopic (exact) mass is 249 g/mol. The Bertz CT molecular complexity index is 383. The van der Waals surface area contributed by atoms with Gasteiger partial charge >= 0.3 is 0 Å². The fourth-order valence-corrected chi connectivity index (χ4v) is 3.06. The maximum atomic E-state index is 4.41. The second kappa shape index (κ2) is 5.87. The molecule has 18 heavy (non-hydrogen) atoms. The summed E-state index contributed by atoms with van der Waals surface area (Å²) in [4.78, 5) is 0. The predicted octanol–water partition coefficient (Wildman–Crippen LogP) is 3.21. The molecule has 0 aliphatic heterocycles. The van der Waals surface area contributed by atoms with Crippen molar-refractivity contribution in [3.05, 3.63) is 17.5 Å². The Hall–Kier alpha value is -0.830. The number of nitrogens with one attached hydrogen (secondary N) is 1. The number of fused-ring (bicyclic) bond motifs is 1. The summed E-state index contributed by atoms with van der Waals surface area (Å²) in [6, 6.07) is 1.11. The quantitative estimate of drug-likeness (QED) is 0.868. The van der Waals surface area contributed by atoms with Crippen LogP contribution in [0, 0.1) is 5.92 Å². The van der Waals surface area contributed by atoms with Crippen molar-refractivity contribution in [2.75, 3.05) is 0 Å². The highest BCUT2D eigenvalue weighted by molar-refractivity contribution is 5.24.